The number of hydrogen-bond donors (Lipinski definition) is 0. The third-order valence-corrected chi connectivity index (χ3v) is 6.13. The van der Waals surface area contributed by atoms with E-state index in [1.165, 1.54) is 0 Å². The molecule has 1 atom stereocenters. The van der Waals surface area contributed by atoms with Crippen LogP contribution in [0.25, 0.3) is 0 Å². The van der Waals surface area contributed by atoms with Crippen LogP contribution in [0.5, 0.6) is 0 Å². The van der Waals surface area contributed by atoms with Crippen molar-refractivity contribution < 1.29 is 9.59 Å². The zero-order valence-corrected chi connectivity index (χ0v) is 16.1. The van der Waals surface area contributed by atoms with Gasteiger partial charge in [0, 0.05) is 57.8 Å². The molecule has 27 heavy (non-hydrogen) atoms. The lowest BCUT2D eigenvalue weighted by Gasteiger charge is -2.36. The first-order valence-electron chi connectivity index (χ1n) is 10.4. The molecule has 0 bridgehead atoms. The minimum atomic E-state index is 0.265. The summed E-state index contributed by atoms with van der Waals surface area (Å²) in [5, 5.41) is 0. The van der Waals surface area contributed by atoms with E-state index in [9.17, 15) is 9.59 Å². The Morgan fingerprint density at radius 3 is 2.52 bits per heavy atom. The number of likely N-dealkylation sites (tertiary alicyclic amines) is 1. The molecule has 146 valence electrons. The summed E-state index contributed by atoms with van der Waals surface area (Å²) in [6, 6.07) is 5.95. The summed E-state index contributed by atoms with van der Waals surface area (Å²) in [5.41, 5.74) is 0. The molecule has 1 aromatic rings. The van der Waals surface area contributed by atoms with Gasteiger partial charge in [0.2, 0.25) is 11.8 Å². The zero-order chi connectivity index (χ0) is 18.6. The van der Waals surface area contributed by atoms with E-state index in [1.54, 1.807) is 0 Å². The Labute approximate surface area is 161 Å². The van der Waals surface area contributed by atoms with Crippen LogP contribution in [0.4, 0.5) is 5.82 Å². The molecule has 0 radical (unpaired) electrons. The van der Waals surface area contributed by atoms with Gasteiger partial charge in [-0.25, -0.2) is 4.98 Å². The predicted molar refractivity (Wildman–Crippen MR) is 104 cm³/mol. The van der Waals surface area contributed by atoms with Crippen molar-refractivity contribution in [1.29, 1.82) is 0 Å². The number of aromatic nitrogens is 1. The van der Waals surface area contributed by atoms with E-state index in [1.807, 2.05) is 29.3 Å². The summed E-state index contributed by atoms with van der Waals surface area (Å²) in [6.07, 6.45) is 7.71. The van der Waals surface area contributed by atoms with E-state index < -0.39 is 0 Å². The van der Waals surface area contributed by atoms with Gasteiger partial charge in [-0.2, -0.15) is 0 Å². The molecule has 0 spiro atoms. The number of nitrogens with zero attached hydrogens (tertiary/aromatic N) is 4. The maximum absolute atomic E-state index is 12.6. The minimum Gasteiger partial charge on any atom is -0.353 e. The number of anilines is 1. The third kappa shape index (κ3) is 4.60. The highest BCUT2D eigenvalue weighted by molar-refractivity contribution is 5.81. The van der Waals surface area contributed by atoms with Crippen LogP contribution in [-0.2, 0) is 9.59 Å². The minimum absolute atomic E-state index is 0.265. The van der Waals surface area contributed by atoms with Gasteiger partial charge in [0.05, 0.1) is 0 Å². The van der Waals surface area contributed by atoms with Crippen LogP contribution in [0.2, 0.25) is 0 Å². The van der Waals surface area contributed by atoms with Gasteiger partial charge in [-0.1, -0.05) is 6.07 Å². The number of amides is 2. The standard InChI is InChI=1S/C21H30N4O2/c26-20(24-14-12-23(13-15-24)19-5-1-2-10-22-19)9-6-17-4-3-11-25(16-17)21(27)18-7-8-18/h1-2,5,10,17-18H,3-4,6-9,11-16H2/t17-/m1/s1. The highest BCUT2D eigenvalue weighted by atomic mass is 16.2. The molecule has 3 fully saturated rings. The van der Waals surface area contributed by atoms with E-state index >= 15 is 0 Å². The second-order valence-corrected chi connectivity index (χ2v) is 8.16. The van der Waals surface area contributed by atoms with E-state index in [2.05, 4.69) is 14.8 Å². The second kappa shape index (κ2) is 8.28. The average molecular weight is 370 g/mol. The number of piperazine rings is 1. The number of hydrogen-bond acceptors (Lipinski definition) is 4. The molecule has 1 saturated carbocycles. The highest BCUT2D eigenvalue weighted by Gasteiger charge is 2.35. The second-order valence-electron chi connectivity index (χ2n) is 8.16. The Morgan fingerprint density at radius 2 is 1.81 bits per heavy atom. The molecule has 0 unspecified atom stereocenters. The van der Waals surface area contributed by atoms with E-state index in [0.717, 1.165) is 77.2 Å². The van der Waals surface area contributed by atoms with Crippen molar-refractivity contribution in [2.45, 2.75) is 38.5 Å². The molecule has 2 saturated heterocycles. The molecule has 1 aliphatic carbocycles. The van der Waals surface area contributed by atoms with Crippen molar-refractivity contribution in [2.24, 2.45) is 11.8 Å². The molecule has 3 aliphatic rings. The monoisotopic (exact) mass is 370 g/mol. The molecule has 2 aliphatic heterocycles. The Bertz CT molecular complexity index is 653. The lowest BCUT2D eigenvalue weighted by molar-refractivity contribution is -0.134. The molecule has 3 heterocycles. The Balaban J connectivity index is 1.20. The molecule has 6 heteroatoms. The van der Waals surface area contributed by atoms with Gasteiger partial charge in [0.25, 0.3) is 0 Å². The van der Waals surface area contributed by atoms with Crippen molar-refractivity contribution in [3.63, 3.8) is 0 Å². The SMILES string of the molecule is O=C(CC[C@H]1CCCN(C(=O)C2CC2)C1)N1CCN(c2ccccn2)CC1. The van der Waals surface area contributed by atoms with Crippen LogP contribution in [0.3, 0.4) is 0 Å². The molecule has 4 rings (SSSR count). The lowest BCUT2D eigenvalue weighted by Crippen LogP contribution is -2.49. The summed E-state index contributed by atoms with van der Waals surface area (Å²) in [5.74, 6) is 2.41. The first-order valence-corrected chi connectivity index (χ1v) is 10.4. The summed E-state index contributed by atoms with van der Waals surface area (Å²) in [7, 11) is 0. The van der Waals surface area contributed by atoms with Crippen molar-refractivity contribution in [3.8, 4) is 0 Å². The molecule has 0 aromatic carbocycles. The largest absolute Gasteiger partial charge is 0.353 e. The Kier molecular flexibility index (Phi) is 5.60. The maximum Gasteiger partial charge on any atom is 0.225 e. The molecule has 2 amide bonds. The van der Waals surface area contributed by atoms with Gasteiger partial charge in [-0.3, -0.25) is 9.59 Å². The van der Waals surface area contributed by atoms with E-state index in [0.29, 0.717) is 24.2 Å². The molecule has 6 nitrogen and oxygen atoms in total. The van der Waals surface area contributed by atoms with Gasteiger partial charge < -0.3 is 14.7 Å². The van der Waals surface area contributed by atoms with Gasteiger partial charge >= 0.3 is 0 Å². The van der Waals surface area contributed by atoms with Crippen LogP contribution in [0.1, 0.15) is 38.5 Å². The summed E-state index contributed by atoms with van der Waals surface area (Å²) < 4.78 is 0. The van der Waals surface area contributed by atoms with Crippen LogP contribution in [0, 0.1) is 11.8 Å². The van der Waals surface area contributed by atoms with E-state index in [4.69, 9.17) is 0 Å². The van der Waals surface area contributed by atoms with Gasteiger partial charge in [-0.05, 0) is 50.2 Å². The molecule has 0 N–H and O–H groups in total. The fourth-order valence-electron chi connectivity index (χ4n) is 4.30. The Hall–Kier alpha value is -2.11. The van der Waals surface area contributed by atoms with E-state index in [-0.39, 0.29) is 5.91 Å². The fourth-order valence-corrected chi connectivity index (χ4v) is 4.30. The topological polar surface area (TPSA) is 56.8 Å². The van der Waals surface area contributed by atoms with Crippen LogP contribution in [-0.4, -0.2) is 65.9 Å². The normalized spacial score (nSPS) is 23.4. The average Bonchev–Trinajstić information content (AvgIpc) is 3.58. The third-order valence-electron chi connectivity index (χ3n) is 6.13. The predicted octanol–water partition coefficient (Wildman–Crippen LogP) is 2.16. The van der Waals surface area contributed by atoms with Crippen molar-refractivity contribution in [3.05, 3.63) is 24.4 Å². The number of carbonyl (C=O) groups excluding carboxylic acids is 2. The van der Waals surface area contributed by atoms with Gasteiger partial charge in [0.1, 0.15) is 5.82 Å². The van der Waals surface area contributed by atoms with Crippen LogP contribution < -0.4 is 4.90 Å². The van der Waals surface area contributed by atoms with Crippen molar-refractivity contribution in [1.82, 2.24) is 14.8 Å². The fraction of sp³-hybridized carbons (Fsp3) is 0.667. The first-order chi connectivity index (χ1) is 13.2. The number of pyridine rings is 1. The number of piperidine rings is 1. The highest BCUT2D eigenvalue weighted by Crippen LogP contribution is 2.33. The zero-order valence-electron chi connectivity index (χ0n) is 16.1. The molecule has 1 aromatic heterocycles. The lowest BCUT2D eigenvalue weighted by atomic mass is 9.93. The van der Waals surface area contributed by atoms with Gasteiger partial charge in [0.15, 0.2) is 0 Å². The quantitative estimate of drug-likeness (QED) is 0.797. The molecular weight excluding hydrogens is 340 g/mol. The van der Waals surface area contributed by atoms with Crippen molar-refractivity contribution >= 4 is 17.6 Å². The maximum atomic E-state index is 12.6. The number of carbonyl (C=O) groups is 2. The van der Waals surface area contributed by atoms with Crippen LogP contribution in [0.15, 0.2) is 24.4 Å². The summed E-state index contributed by atoms with van der Waals surface area (Å²) in [4.78, 5) is 35.6. The smallest absolute Gasteiger partial charge is 0.225 e. The van der Waals surface area contributed by atoms with Crippen molar-refractivity contribution in [2.75, 3.05) is 44.2 Å². The molecular formula is C21H30N4O2. The number of rotatable bonds is 5. The first kappa shape index (κ1) is 18.3. The Morgan fingerprint density at radius 1 is 1.00 bits per heavy atom. The van der Waals surface area contributed by atoms with Gasteiger partial charge in [-0.15, -0.1) is 0 Å². The summed E-state index contributed by atoms with van der Waals surface area (Å²) in [6.45, 7) is 5.00. The van der Waals surface area contributed by atoms with Crippen LogP contribution >= 0.6 is 0 Å². The summed E-state index contributed by atoms with van der Waals surface area (Å²) >= 11 is 0.